The Bertz CT molecular complexity index is 435. The molecule has 0 radical (unpaired) electrons. The number of nitrogens with zero attached hydrogens (tertiary/aromatic N) is 3. The molecule has 0 amide bonds. The molecule has 0 fully saturated rings. The second kappa shape index (κ2) is 4.00. The summed E-state index contributed by atoms with van der Waals surface area (Å²) in [5, 5.41) is 4.09. The Morgan fingerprint density at radius 3 is 2.80 bits per heavy atom. The second-order valence-electron chi connectivity index (χ2n) is 3.12. The maximum Gasteiger partial charge on any atom is 0.212 e. The Labute approximate surface area is 87.5 Å². The van der Waals surface area contributed by atoms with Crippen molar-refractivity contribution in [3.63, 3.8) is 0 Å². The Balaban J connectivity index is 2.14. The van der Waals surface area contributed by atoms with E-state index in [0.29, 0.717) is 18.2 Å². The molecule has 0 saturated heterocycles. The largest absolute Gasteiger partial charge is 0.481 e. The van der Waals surface area contributed by atoms with Crippen molar-refractivity contribution in [2.75, 3.05) is 12.8 Å². The van der Waals surface area contributed by atoms with Gasteiger partial charge in [0.25, 0.3) is 0 Å². The number of anilines is 1. The maximum atomic E-state index is 5.70. The number of aromatic nitrogens is 3. The first-order valence-electron chi connectivity index (χ1n) is 4.56. The van der Waals surface area contributed by atoms with E-state index in [1.54, 1.807) is 30.3 Å². The molecule has 2 rings (SSSR count). The molecule has 0 bridgehead atoms. The van der Waals surface area contributed by atoms with E-state index in [1.165, 1.54) is 0 Å². The third-order valence-corrected chi connectivity index (χ3v) is 2.09. The summed E-state index contributed by atoms with van der Waals surface area (Å²) in [4.78, 5) is 4.10. The van der Waals surface area contributed by atoms with Gasteiger partial charge in [-0.2, -0.15) is 5.10 Å². The van der Waals surface area contributed by atoms with Gasteiger partial charge in [-0.15, -0.1) is 0 Å². The summed E-state index contributed by atoms with van der Waals surface area (Å²) in [7, 11) is 1.59. The first-order valence-corrected chi connectivity index (χ1v) is 4.56. The van der Waals surface area contributed by atoms with Crippen molar-refractivity contribution < 1.29 is 4.74 Å². The van der Waals surface area contributed by atoms with E-state index in [1.807, 2.05) is 12.1 Å². The third-order valence-electron chi connectivity index (χ3n) is 2.09. The molecule has 0 atom stereocenters. The Morgan fingerprint density at radius 1 is 1.40 bits per heavy atom. The summed E-state index contributed by atoms with van der Waals surface area (Å²) in [6, 6.07) is 5.51. The lowest BCUT2D eigenvalue weighted by atomic mass is 10.3. The minimum atomic E-state index is 0.604. The van der Waals surface area contributed by atoms with E-state index in [4.69, 9.17) is 10.5 Å². The van der Waals surface area contributed by atoms with Gasteiger partial charge in [-0.05, 0) is 11.6 Å². The fraction of sp³-hybridized carbons (Fsp3) is 0.200. The highest BCUT2D eigenvalue weighted by Gasteiger charge is 2.00. The molecule has 2 heterocycles. The van der Waals surface area contributed by atoms with Crippen LogP contribution in [0.1, 0.15) is 5.56 Å². The number of methoxy groups -OCH3 is 1. The van der Waals surface area contributed by atoms with Crippen LogP contribution < -0.4 is 10.5 Å². The fourth-order valence-corrected chi connectivity index (χ4v) is 1.27. The molecule has 5 nitrogen and oxygen atoms in total. The van der Waals surface area contributed by atoms with Crippen LogP contribution in [0.5, 0.6) is 5.88 Å². The van der Waals surface area contributed by atoms with Gasteiger partial charge < -0.3 is 10.5 Å². The Kier molecular flexibility index (Phi) is 2.53. The van der Waals surface area contributed by atoms with Gasteiger partial charge in [0.2, 0.25) is 5.88 Å². The van der Waals surface area contributed by atoms with Gasteiger partial charge in [-0.3, -0.25) is 0 Å². The molecule has 15 heavy (non-hydrogen) atoms. The van der Waals surface area contributed by atoms with Crippen LogP contribution in [0, 0.1) is 0 Å². The topological polar surface area (TPSA) is 66.0 Å². The number of hydrogen-bond donors (Lipinski definition) is 1. The van der Waals surface area contributed by atoms with Crippen LogP contribution in [0.3, 0.4) is 0 Å². The fourth-order valence-electron chi connectivity index (χ4n) is 1.27. The molecule has 0 aliphatic rings. The molecule has 5 heteroatoms. The van der Waals surface area contributed by atoms with Crippen LogP contribution in [0.2, 0.25) is 0 Å². The van der Waals surface area contributed by atoms with Gasteiger partial charge in [-0.25, -0.2) is 9.67 Å². The number of pyridine rings is 1. The highest BCUT2D eigenvalue weighted by atomic mass is 16.5. The summed E-state index contributed by atoms with van der Waals surface area (Å²) in [5.74, 6) is 1.25. The molecule has 2 aromatic rings. The summed E-state index contributed by atoms with van der Waals surface area (Å²) < 4.78 is 6.68. The van der Waals surface area contributed by atoms with Crippen LogP contribution >= 0.6 is 0 Å². The minimum absolute atomic E-state index is 0.604. The lowest BCUT2D eigenvalue weighted by Gasteiger charge is -2.04. The molecule has 0 saturated carbocycles. The van der Waals surface area contributed by atoms with E-state index in [0.717, 1.165) is 5.56 Å². The third kappa shape index (κ3) is 2.07. The number of hydrogen-bond acceptors (Lipinski definition) is 4. The van der Waals surface area contributed by atoms with Crippen molar-refractivity contribution in [3.8, 4) is 5.88 Å². The lowest BCUT2D eigenvalue weighted by Crippen LogP contribution is -2.05. The van der Waals surface area contributed by atoms with Gasteiger partial charge >= 0.3 is 0 Å². The average molecular weight is 204 g/mol. The molecule has 2 aromatic heterocycles. The van der Waals surface area contributed by atoms with Crippen molar-refractivity contribution in [2.45, 2.75) is 6.54 Å². The SMILES string of the molecule is COc1ccc(Cn2nccc2N)cn1. The van der Waals surface area contributed by atoms with Gasteiger partial charge in [0, 0.05) is 12.3 Å². The molecule has 0 aromatic carbocycles. The average Bonchev–Trinajstić information content (AvgIpc) is 2.66. The lowest BCUT2D eigenvalue weighted by molar-refractivity contribution is 0.397. The quantitative estimate of drug-likeness (QED) is 0.807. The smallest absolute Gasteiger partial charge is 0.212 e. The molecule has 0 unspecified atom stereocenters. The van der Waals surface area contributed by atoms with Crippen LogP contribution in [-0.4, -0.2) is 21.9 Å². The first-order chi connectivity index (χ1) is 7.29. The predicted octanol–water partition coefficient (Wildman–Crippen LogP) is 0.917. The Hall–Kier alpha value is -2.04. The van der Waals surface area contributed by atoms with Gasteiger partial charge in [0.15, 0.2) is 0 Å². The molecule has 78 valence electrons. The van der Waals surface area contributed by atoms with E-state index in [-0.39, 0.29) is 0 Å². The van der Waals surface area contributed by atoms with Crippen molar-refractivity contribution in [3.05, 3.63) is 36.2 Å². The molecule has 0 aliphatic heterocycles. The molecule has 0 spiro atoms. The van der Waals surface area contributed by atoms with Crippen LogP contribution in [0.15, 0.2) is 30.6 Å². The van der Waals surface area contributed by atoms with Gasteiger partial charge in [-0.1, -0.05) is 6.07 Å². The molecule has 2 N–H and O–H groups in total. The zero-order valence-electron chi connectivity index (χ0n) is 8.42. The number of nitrogen functional groups attached to an aromatic ring is 1. The van der Waals surface area contributed by atoms with Crippen molar-refractivity contribution in [1.82, 2.24) is 14.8 Å². The standard InChI is InChI=1S/C10H12N4O/c1-15-10-3-2-8(6-12-10)7-14-9(11)4-5-13-14/h2-6H,7,11H2,1H3. The highest BCUT2D eigenvalue weighted by Crippen LogP contribution is 2.09. The number of ether oxygens (including phenoxy) is 1. The van der Waals surface area contributed by atoms with Crippen molar-refractivity contribution >= 4 is 5.82 Å². The number of rotatable bonds is 3. The van der Waals surface area contributed by atoms with Crippen LogP contribution in [0.4, 0.5) is 5.82 Å². The minimum Gasteiger partial charge on any atom is -0.481 e. The molecular weight excluding hydrogens is 192 g/mol. The zero-order valence-corrected chi connectivity index (χ0v) is 8.42. The van der Waals surface area contributed by atoms with Gasteiger partial charge in [0.1, 0.15) is 5.82 Å². The van der Waals surface area contributed by atoms with Crippen LogP contribution in [-0.2, 0) is 6.54 Å². The summed E-state index contributed by atoms with van der Waals surface area (Å²) in [6.45, 7) is 0.621. The molecule has 0 aliphatic carbocycles. The Morgan fingerprint density at radius 2 is 2.27 bits per heavy atom. The van der Waals surface area contributed by atoms with E-state index < -0.39 is 0 Å². The number of nitrogens with two attached hydrogens (primary N) is 1. The zero-order chi connectivity index (χ0) is 10.7. The van der Waals surface area contributed by atoms with Crippen molar-refractivity contribution in [1.29, 1.82) is 0 Å². The summed E-state index contributed by atoms with van der Waals surface area (Å²) in [5.41, 5.74) is 6.73. The van der Waals surface area contributed by atoms with Gasteiger partial charge in [0.05, 0.1) is 19.9 Å². The summed E-state index contributed by atoms with van der Waals surface area (Å²) in [6.07, 6.45) is 3.42. The van der Waals surface area contributed by atoms with Crippen LogP contribution in [0.25, 0.3) is 0 Å². The first kappa shape index (κ1) is 9.51. The monoisotopic (exact) mass is 204 g/mol. The normalized spacial score (nSPS) is 10.2. The highest BCUT2D eigenvalue weighted by molar-refractivity contribution is 5.28. The van der Waals surface area contributed by atoms with E-state index >= 15 is 0 Å². The summed E-state index contributed by atoms with van der Waals surface area (Å²) >= 11 is 0. The molecular formula is C10H12N4O. The van der Waals surface area contributed by atoms with Crippen molar-refractivity contribution in [2.24, 2.45) is 0 Å². The second-order valence-corrected chi connectivity index (χ2v) is 3.12. The predicted molar refractivity (Wildman–Crippen MR) is 56.5 cm³/mol. The van der Waals surface area contributed by atoms with E-state index in [9.17, 15) is 0 Å². The maximum absolute atomic E-state index is 5.70. The van der Waals surface area contributed by atoms with E-state index in [2.05, 4.69) is 10.1 Å².